The molecule has 3 rings (SSSR count). The van der Waals surface area contributed by atoms with Gasteiger partial charge in [0.15, 0.2) is 12.2 Å². The van der Waals surface area contributed by atoms with E-state index in [1.54, 1.807) is 24.3 Å². The highest BCUT2D eigenvalue weighted by atomic mass is 16.6. The van der Waals surface area contributed by atoms with Crippen LogP contribution in [0.25, 0.3) is 0 Å². The van der Waals surface area contributed by atoms with Gasteiger partial charge in [-0.2, -0.15) is 10.2 Å². The molecule has 2 aromatic rings. The molecule has 0 radical (unpaired) electrons. The second-order valence-corrected chi connectivity index (χ2v) is 5.79. The van der Waals surface area contributed by atoms with Crippen molar-refractivity contribution in [3.05, 3.63) is 64.2 Å². The van der Waals surface area contributed by atoms with Gasteiger partial charge in [-0.1, -0.05) is 12.1 Å². The molecule has 10 heteroatoms. The van der Waals surface area contributed by atoms with Gasteiger partial charge in [0.25, 0.3) is 17.5 Å². The van der Waals surface area contributed by atoms with E-state index in [0.717, 1.165) is 4.90 Å². The minimum atomic E-state index is -1.73. The maximum Gasteiger partial charge on any atom is 0.269 e. The van der Waals surface area contributed by atoms with E-state index < -0.39 is 28.9 Å². The number of amides is 2. The third-order valence-electron chi connectivity index (χ3n) is 3.96. The summed E-state index contributed by atoms with van der Waals surface area (Å²) >= 11 is 0. The maximum absolute atomic E-state index is 11.7. The summed E-state index contributed by atoms with van der Waals surface area (Å²) in [4.78, 5) is 34.4. The van der Waals surface area contributed by atoms with Crippen molar-refractivity contribution in [2.75, 3.05) is 0 Å². The number of imide groups is 1. The monoisotopic (exact) mass is 370 g/mol. The van der Waals surface area contributed by atoms with Crippen LogP contribution in [0, 0.1) is 10.1 Å². The fraction of sp³-hybridized carbons (Fsp3) is 0.176. The van der Waals surface area contributed by atoms with Crippen LogP contribution in [0.5, 0.6) is 0 Å². The quantitative estimate of drug-likeness (QED) is 0.354. The standard InChI is InChI=1S/C17H14N4O6/c22-14-15(23)17(25)20(16(14)24)9-10-1-3-11(4-2-10)18-19-12-5-7-13(8-6-12)21(26)27/h1-8,14-15,22-23H,9H2/t14-,15+. The van der Waals surface area contributed by atoms with Gasteiger partial charge in [-0.15, -0.1) is 0 Å². The average Bonchev–Trinajstić information content (AvgIpc) is 2.85. The summed E-state index contributed by atoms with van der Waals surface area (Å²) in [7, 11) is 0. The highest BCUT2D eigenvalue weighted by Gasteiger charge is 2.45. The first kappa shape index (κ1) is 18.3. The highest BCUT2D eigenvalue weighted by molar-refractivity contribution is 6.07. The molecule has 1 aliphatic heterocycles. The van der Waals surface area contributed by atoms with Crippen LogP contribution in [0.2, 0.25) is 0 Å². The predicted octanol–water partition coefficient (Wildman–Crippen LogP) is 1.60. The molecule has 1 heterocycles. The van der Waals surface area contributed by atoms with Gasteiger partial charge in [-0.25, -0.2) is 0 Å². The molecule has 2 aromatic carbocycles. The molecule has 1 fully saturated rings. The lowest BCUT2D eigenvalue weighted by Gasteiger charge is -2.13. The van der Waals surface area contributed by atoms with Crippen LogP contribution in [-0.4, -0.2) is 44.1 Å². The Labute approximate surface area is 152 Å². The van der Waals surface area contributed by atoms with E-state index >= 15 is 0 Å². The molecule has 2 N–H and O–H groups in total. The minimum Gasteiger partial charge on any atom is -0.380 e. The molecule has 10 nitrogen and oxygen atoms in total. The molecule has 138 valence electrons. The Hall–Kier alpha value is -3.50. The van der Waals surface area contributed by atoms with E-state index in [1.807, 2.05) is 0 Å². The van der Waals surface area contributed by atoms with Gasteiger partial charge < -0.3 is 10.2 Å². The van der Waals surface area contributed by atoms with Gasteiger partial charge in [0, 0.05) is 12.1 Å². The topological polar surface area (TPSA) is 146 Å². The fourth-order valence-corrected chi connectivity index (χ4v) is 2.46. The van der Waals surface area contributed by atoms with Crippen molar-refractivity contribution in [3.63, 3.8) is 0 Å². The largest absolute Gasteiger partial charge is 0.380 e. The number of nitrogens with zero attached hydrogens (tertiary/aromatic N) is 4. The summed E-state index contributed by atoms with van der Waals surface area (Å²) in [5.74, 6) is -1.68. The lowest BCUT2D eigenvalue weighted by Crippen LogP contribution is -2.31. The smallest absolute Gasteiger partial charge is 0.269 e. The Bertz CT molecular complexity index is 890. The van der Waals surface area contributed by atoms with Crippen molar-refractivity contribution in [1.29, 1.82) is 0 Å². The Balaban J connectivity index is 1.66. The zero-order valence-corrected chi connectivity index (χ0v) is 13.8. The first-order valence-electron chi connectivity index (χ1n) is 7.83. The Morgan fingerprint density at radius 2 is 1.33 bits per heavy atom. The van der Waals surface area contributed by atoms with E-state index in [0.29, 0.717) is 16.9 Å². The van der Waals surface area contributed by atoms with E-state index in [1.165, 1.54) is 24.3 Å². The fourth-order valence-electron chi connectivity index (χ4n) is 2.46. The number of hydrogen-bond acceptors (Lipinski definition) is 8. The molecule has 1 aliphatic rings. The number of non-ortho nitro benzene ring substituents is 1. The van der Waals surface area contributed by atoms with Crippen LogP contribution in [0.3, 0.4) is 0 Å². The van der Waals surface area contributed by atoms with Gasteiger partial charge in [0.2, 0.25) is 0 Å². The summed E-state index contributed by atoms with van der Waals surface area (Å²) in [6.07, 6.45) is -3.46. The Morgan fingerprint density at radius 3 is 1.78 bits per heavy atom. The molecule has 0 unspecified atom stereocenters. The van der Waals surface area contributed by atoms with Gasteiger partial charge in [0.1, 0.15) is 0 Å². The summed E-state index contributed by atoms with van der Waals surface area (Å²) in [6.45, 7) is -0.0778. The van der Waals surface area contributed by atoms with Crippen LogP contribution in [0.1, 0.15) is 5.56 Å². The van der Waals surface area contributed by atoms with Crippen molar-refractivity contribution in [1.82, 2.24) is 4.90 Å². The number of aliphatic hydroxyl groups excluding tert-OH is 2. The molecule has 0 aliphatic carbocycles. The molecule has 0 bridgehead atoms. The lowest BCUT2D eigenvalue weighted by molar-refractivity contribution is -0.384. The summed E-state index contributed by atoms with van der Waals surface area (Å²) in [6, 6.07) is 12.1. The van der Waals surface area contributed by atoms with Gasteiger partial charge in [-0.05, 0) is 29.8 Å². The number of aliphatic hydroxyl groups is 2. The van der Waals surface area contributed by atoms with E-state index in [4.69, 9.17) is 0 Å². The number of hydrogen-bond donors (Lipinski definition) is 2. The SMILES string of the molecule is O=C1[C@@H](O)[C@@H](O)C(=O)N1Cc1ccc(N=Nc2ccc([N+](=O)[O-])cc2)cc1. The van der Waals surface area contributed by atoms with Gasteiger partial charge in [0.05, 0.1) is 22.8 Å². The Kier molecular flexibility index (Phi) is 5.01. The number of rotatable bonds is 5. The van der Waals surface area contributed by atoms with Crippen LogP contribution in [0.4, 0.5) is 17.1 Å². The van der Waals surface area contributed by atoms with Crippen molar-refractivity contribution in [3.8, 4) is 0 Å². The molecule has 0 aromatic heterocycles. The van der Waals surface area contributed by atoms with Crippen molar-refractivity contribution >= 4 is 28.9 Å². The van der Waals surface area contributed by atoms with Crippen LogP contribution < -0.4 is 0 Å². The predicted molar refractivity (Wildman–Crippen MR) is 91.3 cm³/mol. The summed E-state index contributed by atoms with van der Waals surface area (Å²) < 4.78 is 0. The molecule has 27 heavy (non-hydrogen) atoms. The van der Waals surface area contributed by atoms with E-state index in [-0.39, 0.29) is 12.2 Å². The molecular weight excluding hydrogens is 356 g/mol. The molecule has 1 saturated heterocycles. The number of nitro groups is 1. The van der Waals surface area contributed by atoms with Crippen molar-refractivity contribution in [2.24, 2.45) is 10.2 Å². The maximum atomic E-state index is 11.7. The van der Waals surface area contributed by atoms with Crippen LogP contribution >= 0.6 is 0 Å². The third-order valence-corrected chi connectivity index (χ3v) is 3.96. The second kappa shape index (κ2) is 7.40. The van der Waals surface area contributed by atoms with Crippen LogP contribution in [-0.2, 0) is 16.1 Å². The zero-order chi connectivity index (χ0) is 19.6. The average molecular weight is 370 g/mol. The van der Waals surface area contributed by atoms with E-state index in [2.05, 4.69) is 10.2 Å². The molecule has 0 saturated carbocycles. The minimum absolute atomic E-state index is 0.0421. The number of nitro benzene ring substituents is 1. The number of azo groups is 1. The summed E-state index contributed by atoms with van der Waals surface area (Å²) in [5.41, 5.74) is 1.50. The third kappa shape index (κ3) is 3.86. The van der Waals surface area contributed by atoms with Crippen LogP contribution in [0.15, 0.2) is 58.8 Å². The Morgan fingerprint density at radius 1 is 0.889 bits per heavy atom. The normalized spacial score (nSPS) is 19.9. The summed E-state index contributed by atoms with van der Waals surface area (Å²) in [5, 5.41) is 37.4. The van der Waals surface area contributed by atoms with Gasteiger partial charge >= 0.3 is 0 Å². The second-order valence-electron chi connectivity index (χ2n) is 5.79. The van der Waals surface area contributed by atoms with Crippen molar-refractivity contribution in [2.45, 2.75) is 18.8 Å². The highest BCUT2D eigenvalue weighted by Crippen LogP contribution is 2.23. The molecular formula is C17H14N4O6. The van der Waals surface area contributed by atoms with Gasteiger partial charge in [-0.3, -0.25) is 24.6 Å². The first-order chi connectivity index (χ1) is 12.9. The number of likely N-dealkylation sites (tertiary alicyclic amines) is 1. The van der Waals surface area contributed by atoms with E-state index in [9.17, 15) is 29.9 Å². The molecule has 2 atom stereocenters. The lowest BCUT2D eigenvalue weighted by atomic mass is 10.2. The zero-order valence-electron chi connectivity index (χ0n) is 13.8. The number of carbonyl (C=O) groups is 2. The first-order valence-corrected chi connectivity index (χ1v) is 7.83. The number of carbonyl (C=O) groups excluding carboxylic acids is 2. The molecule has 0 spiro atoms. The van der Waals surface area contributed by atoms with Crippen molar-refractivity contribution < 1.29 is 24.7 Å². The number of benzene rings is 2. The molecule has 2 amide bonds.